The molecule has 2 amide bonds. The summed E-state index contributed by atoms with van der Waals surface area (Å²) in [5.74, 6) is 0. The van der Waals surface area contributed by atoms with Gasteiger partial charge in [0.2, 0.25) is 0 Å². The fourth-order valence-electron chi connectivity index (χ4n) is 3.28. The lowest BCUT2D eigenvalue weighted by atomic mass is 9.73. The molecule has 1 saturated heterocycles. The molecule has 0 aromatic heterocycles. The molecule has 1 N–H and O–H groups in total. The van der Waals surface area contributed by atoms with E-state index >= 15 is 0 Å². The van der Waals surface area contributed by atoms with Gasteiger partial charge in [-0.2, -0.15) is 0 Å². The van der Waals surface area contributed by atoms with Crippen LogP contribution < -0.4 is 5.32 Å². The van der Waals surface area contributed by atoms with E-state index in [1.165, 1.54) is 44.9 Å². The fourth-order valence-corrected chi connectivity index (χ4v) is 3.28. The molecule has 2 fully saturated rings. The van der Waals surface area contributed by atoms with Crippen molar-refractivity contribution in [2.45, 2.75) is 71.3 Å². The van der Waals surface area contributed by atoms with Gasteiger partial charge in [-0.25, -0.2) is 4.79 Å². The van der Waals surface area contributed by atoms with Crippen molar-refractivity contribution < 1.29 is 4.79 Å². The van der Waals surface area contributed by atoms with Gasteiger partial charge >= 0.3 is 6.03 Å². The lowest BCUT2D eigenvalue weighted by Crippen LogP contribution is -2.51. The van der Waals surface area contributed by atoms with Gasteiger partial charge in [-0.05, 0) is 31.1 Å². The minimum atomic E-state index is 0.178. The van der Waals surface area contributed by atoms with Crippen LogP contribution in [0.3, 0.4) is 0 Å². The van der Waals surface area contributed by atoms with Crippen molar-refractivity contribution in [2.75, 3.05) is 13.1 Å². The summed E-state index contributed by atoms with van der Waals surface area (Å²) in [6.07, 6.45) is 9.84. The summed E-state index contributed by atoms with van der Waals surface area (Å²) in [7, 11) is 0. The van der Waals surface area contributed by atoms with Crippen molar-refractivity contribution in [1.29, 1.82) is 0 Å². The Morgan fingerprint density at radius 2 is 1.72 bits per heavy atom. The van der Waals surface area contributed by atoms with E-state index in [-0.39, 0.29) is 11.4 Å². The maximum atomic E-state index is 12.3. The molecule has 0 aromatic carbocycles. The number of amides is 2. The molecule has 1 unspecified atom stereocenters. The summed E-state index contributed by atoms with van der Waals surface area (Å²) >= 11 is 0. The molecule has 0 bridgehead atoms. The van der Waals surface area contributed by atoms with E-state index in [1.54, 1.807) is 0 Å². The third kappa shape index (κ3) is 3.39. The maximum absolute atomic E-state index is 12.3. The molecule has 2 aliphatic rings. The Morgan fingerprint density at radius 1 is 1.06 bits per heavy atom. The van der Waals surface area contributed by atoms with Crippen LogP contribution in [0.25, 0.3) is 0 Å². The molecular weight excluding hydrogens is 224 g/mol. The second-order valence-corrected chi connectivity index (χ2v) is 6.64. The molecule has 3 heteroatoms. The van der Waals surface area contributed by atoms with Gasteiger partial charge in [0.25, 0.3) is 0 Å². The highest BCUT2D eigenvalue weighted by atomic mass is 16.2. The van der Waals surface area contributed by atoms with Crippen molar-refractivity contribution in [3.8, 4) is 0 Å². The Balaban J connectivity index is 1.89. The van der Waals surface area contributed by atoms with E-state index < -0.39 is 0 Å². The van der Waals surface area contributed by atoms with Crippen molar-refractivity contribution in [3.63, 3.8) is 0 Å². The molecule has 1 aliphatic heterocycles. The monoisotopic (exact) mass is 252 g/mol. The predicted octanol–water partition coefficient (Wildman–Crippen LogP) is 3.54. The quantitative estimate of drug-likeness (QED) is 0.760. The lowest BCUT2D eigenvalue weighted by Gasteiger charge is -2.40. The second-order valence-electron chi connectivity index (χ2n) is 6.64. The molecule has 2 rings (SSSR count). The second kappa shape index (κ2) is 5.94. The van der Waals surface area contributed by atoms with E-state index in [0.717, 1.165) is 19.5 Å². The van der Waals surface area contributed by atoms with Gasteiger partial charge in [0, 0.05) is 19.1 Å². The maximum Gasteiger partial charge on any atom is 0.317 e. The van der Waals surface area contributed by atoms with Crippen molar-refractivity contribution >= 4 is 6.03 Å². The molecule has 0 spiro atoms. The average Bonchev–Trinajstić information content (AvgIpc) is 2.60. The van der Waals surface area contributed by atoms with Crippen LogP contribution in [0.15, 0.2) is 0 Å². The summed E-state index contributed by atoms with van der Waals surface area (Å²) < 4.78 is 0. The fraction of sp³-hybridized carbons (Fsp3) is 0.933. The molecule has 104 valence electrons. The number of hydrogen-bond donors (Lipinski definition) is 1. The Morgan fingerprint density at radius 3 is 2.33 bits per heavy atom. The van der Waals surface area contributed by atoms with Crippen LogP contribution in [0.2, 0.25) is 0 Å². The van der Waals surface area contributed by atoms with E-state index in [9.17, 15) is 4.79 Å². The van der Waals surface area contributed by atoms with Gasteiger partial charge in [-0.3, -0.25) is 0 Å². The van der Waals surface area contributed by atoms with Crippen LogP contribution >= 0.6 is 0 Å². The summed E-state index contributed by atoms with van der Waals surface area (Å²) in [6.45, 7) is 6.47. The van der Waals surface area contributed by atoms with Crippen molar-refractivity contribution in [2.24, 2.45) is 5.41 Å². The summed E-state index contributed by atoms with van der Waals surface area (Å²) in [5, 5.41) is 3.29. The SMILES string of the molecule is CC1(C)CCCCC1NC(=O)N1CCCCCC1. The van der Waals surface area contributed by atoms with Gasteiger partial charge in [0.15, 0.2) is 0 Å². The summed E-state index contributed by atoms with van der Waals surface area (Å²) in [5.41, 5.74) is 0.264. The molecule has 1 aliphatic carbocycles. The highest BCUT2D eigenvalue weighted by Crippen LogP contribution is 2.35. The number of carbonyl (C=O) groups excluding carboxylic acids is 1. The highest BCUT2D eigenvalue weighted by Gasteiger charge is 2.34. The number of nitrogens with one attached hydrogen (secondary N) is 1. The first kappa shape index (κ1) is 13.7. The average molecular weight is 252 g/mol. The molecule has 18 heavy (non-hydrogen) atoms. The Bertz CT molecular complexity index is 280. The Hall–Kier alpha value is -0.730. The van der Waals surface area contributed by atoms with E-state index in [4.69, 9.17) is 0 Å². The third-order valence-corrected chi connectivity index (χ3v) is 4.70. The predicted molar refractivity (Wildman–Crippen MR) is 74.6 cm³/mol. The molecule has 0 radical (unpaired) electrons. The van der Waals surface area contributed by atoms with Crippen molar-refractivity contribution in [1.82, 2.24) is 10.2 Å². The number of rotatable bonds is 1. The minimum Gasteiger partial charge on any atom is -0.335 e. The van der Waals surface area contributed by atoms with Crippen molar-refractivity contribution in [3.05, 3.63) is 0 Å². The van der Waals surface area contributed by atoms with Crippen LogP contribution in [0, 0.1) is 5.41 Å². The normalized spacial score (nSPS) is 28.6. The number of carbonyl (C=O) groups is 1. The van der Waals surface area contributed by atoms with Gasteiger partial charge in [-0.1, -0.05) is 39.5 Å². The third-order valence-electron chi connectivity index (χ3n) is 4.70. The molecule has 1 atom stereocenters. The number of hydrogen-bond acceptors (Lipinski definition) is 1. The smallest absolute Gasteiger partial charge is 0.317 e. The minimum absolute atomic E-state index is 0.178. The first-order valence-corrected chi connectivity index (χ1v) is 7.65. The number of nitrogens with zero attached hydrogens (tertiary/aromatic N) is 1. The first-order chi connectivity index (χ1) is 8.59. The standard InChI is InChI=1S/C15H28N2O/c1-15(2)10-6-5-9-13(15)16-14(18)17-11-7-3-4-8-12-17/h13H,3-12H2,1-2H3,(H,16,18). The van der Waals surface area contributed by atoms with Crippen LogP contribution in [0.1, 0.15) is 65.2 Å². The zero-order valence-corrected chi connectivity index (χ0v) is 12.0. The Labute approximate surface area is 111 Å². The number of likely N-dealkylation sites (tertiary alicyclic amines) is 1. The van der Waals surface area contributed by atoms with Gasteiger partial charge < -0.3 is 10.2 Å². The first-order valence-electron chi connectivity index (χ1n) is 7.65. The van der Waals surface area contributed by atoms with E-state index in [0.29, 0.717) is 6.04 Å². The van der Waals surface area contributed by atoms with Gasteiger partial charge in [-0.15, -0.1) is 0 Å². The zero-order valence-electron chi connectivity index (χ0n) is 12.0. The van der Waals surface area contributed by atoms with Gasteiger partial charge in [0.1, 0.15) is 0 Å². The molecule has 1 heterocycles. The lowest BCUT2D eigenvalue weighted by molar-refractivity contribution is 0.148. The summed E-state index contributed by atoms with van der Waals surface area (Å²) in [4.78, 5) is 14.3. The van der Waals surface area contributed by atoms with Crippen LogP contribution in [-0.4, -0.2) is 30.1 Å². The highest BCUT2D eigenvalue weighted by molar-refractivity contribution is 5.74. The van der Waals surface area contributed by atoms with E-state index in [2.05, 4.69) is 19.2 Å². The van der Waals surface area contributed by atoms with E-state index in [1.807, 2.05) is 4.90 Å². The Kier molecular flexibility index (Phi) is 4.52. The van der Waals surface area contributed by atoms with Crippen LogP contribution in [0.5, 0.6) is 0 Å². The number of urea groups is 1. The topological polar surface area (TPSA) is 32.3 Å². The van der Waals surface area contributed by atoms with Crippen LogP contribution in [0.4, 0.5) is 4.79 Å². The van der Waals surface area contributed by atoms with Gasteiger partial charge in [0.05, 0.1) is 0 Å². The molecule has 0 aromatic rings. The largest absolute Gasteiger partial charge is 0.335 e. The summed E-state index contributed by atoms with van der Waals surface area (Å²) in [6, 6.07) is 0.541. The molecule has 1 saturated carbocycles. The molecular formula is C15H28N2O. The van der Waals surface area contributed by atoms with Crippen LogP contribution in [-0.2, 0) is 0 Å². The zero-order chi connectivity index (χ0) is 13.0. The molecule has 3 nitrogen and oxygen atoms in total.